The number of carbonyl (C=O) groups excluding carboxylic acids is 1. The summed E-state index contributed by atoms with van der Waals surface area (Å²) in [6.07, 6.45) is 0. The number of nitrogens with zero attached hydrogens (tertiary/aromatic N) is 2. The topological polar surface area (TPSA) is 23.6 Å². The molecule has 0 bridgehead atoms. The Balaban J connectivity index is 1.91. The van der Waals surface area contributed by atoms with E-state index in [1.54, 1.807) is 11.3 Å². The third-order valence-electron chi connectivity index (χ3n) is 4.03. The molecule has 3 rings (SSSR count). The van der Waals surface area contributed by atoms with Gasteiger partial charge >= 0.3 is 0 Å². The van der Waals surface area contributed by atoms with Gasteiger partial charge in [0.25, 0.3) is 5.91 Å². The van der Waals surface area contributed by atoms with Crippen molar-refractivity contribution in [2.75, 3.05) is 25.0 Å². The molecule has 0 radical (unpaired) electrons. The average molecular weight is 300 g/mol. The number of hydrogen-bond donors (Lipinski definition) is 0. The molecule has 0 atom stereocenters. The van der Waals surface area contributed by atoms with Crippen molar-refractivity contribution < 1.29 is 4.79 Å². The summed E-state index contributed by atoms with van der Waals surface area (Å²) in [6, 6.07) is 10.4. The van der Waals surface area contributed by atoms with E-state index in [1.165, 1.54) is 16.1 Å². The standard InChI is InChI=1S/C17H20N2OS/c1-12-10-15(13(2)21-12)17(20)19-9-8-18(3)16-7-5-4-6-14(16)11-19/h4-7,10H,8-9,11H2,1-3H3. The van der Waals surface area contributed by atoms with Crippen LogP contribution in [0.4, 0.5) is 5.69 Å². The molecule has 0 saturated carbocycles. The fraction of sp³-hybridized carbons (Fsp3) is 0.353. The van der Waals surface area contributed by atoms with Crippen LogP contribution in [-0.4, -0.2) is 30.9 Å². The lowest BCUT2D eigenvalue weighted by Crippen LogP contribution is -2.34. The zero-order chi connectivity index (χ0) is 15.0. The number of thiophene rings is 1. The summed E-state index contributed by atoms with van der Waals surface area (Å²) in [5.74, 6) is 0.155. The Labute approximate surface area is 129 Å². The molecule has 2 aromatic rings. The second kappa shape index (κ2) is 5.53. The number of anilines is 1. The normalized spacial score (nSPS) is 14.8. The maximum Gasteiger partial charge on any atom is 0.255 e. The van der Waals surface area contributed by atoms with E-state index in [0.717, 1.165) is 23.5 Å². The maximum atomic E-state index is 12.8. The van der Waals surface area contributed by atoms with Crippen LogP contribution >= 0.6 is 11.3 Å². The van der Waals surface area contributed by atoms with Gasteiger partial charge in [-0.1, -0.05) is 18.2 Å². The van der Waals surface area contributed by atoms with Gasteiger partial charge in [0.15, 0.2) is 0 Å². The van der Waals surface area contributed by atoms with Crippen LogP contribution in [0.3, 0.4) is 0 Å². The minimum atomic E-state index is 0.155. The highest BCUT2D eigenvalue weighted by molar-refractivity contribution is 7.12. The van der Waals surface area contributed by atoms with Crippen molar-refractivity contribution in [3.63, 3.8) is 0 Å². The molecule has 110 valence electrons. The molecule has 0 fully saturated rings. The van der Waals surface area contributed by atoms with Gasteiger partial charge in [-0.3, -0.25) is 4.79 Å². The molecular formula is C17H20N2OS. The number of hydrogen-bond acceptors (Lipinski definition) is 3. The van der Waals surface area contributed by atoms with E-state index in [1.807, 2.05) is 24.0 Å². The van der Waals surface area contributed by atoms with Crippen molar-refractivity contribution in [2.45, 2.75) is 20.4 Å². The third kappa shape index (κ3) is 2.68. The average Bonchev–Trinajstić information content (AvgIpc) is 2.71. The molecule has 1 aromatic carbocycles. The van der Waals surface area contributed by atoms with Crippen molar-refractivity contribution >= 4 is 22.9 Å². The molecular weight excluding hydrogens is 280 g/mol. The van der Waals surface area contributed by atoms with Crippen LogP contribution in [0.1, 0.15) is 25.7 Å². The number of para-hydroxylation sites is 1. The number of amides is 1. The summed E-state index contributed by atoms with van der Waals surface area (Å²) < 4.78 is 0. The van der Waals surface area contributed by atoms with Gasteiger partial charge in [0.1, 0.15) is 0 Å². The van der Waals surface area contributed by atoms with Crippen molar-refractivity contribution in [3.05, 3.63) is 51.2 Å². The number of carbonyl (C=O) groups is 1. The summed E-state index contributed by atoms with van der Waals surface area (Å²) >= 11 is 1.69. The number of fused-ring (bicyclic) bond motifs is 1. The van der Waals surface area contributed by atoms with E-state index in [2.05, 4.69) is 37.1 Å². The molecule has 0 unspecified atom stereocenters. The van der Waals surface area contributed by atoms with Gasteiger partial charge in [0.2, 0.25) is 0 Å². The molecule has 1 aliphatic heterocycles. The van der Waals surface area contributed by atoms with Crippen LogP contribution in [0, 0.1) is 13.8 Å². The van der Waals surface area contributed by atoms with E-state index < -0.39 is 0 Å². The van der Waals surface area contributed by atoms with Crippen LogP contribution in [-0.2, 0) is 6.54 Å². The summed E-state index contributed by atoms with van der Waals surface area (Å²) in [7, 11) is 2.09. The van der Waals surface area contributed by atoms with E-state index in [0.29, 0.717) is 6.54 Å². The van der Waals surface area contributed by atoms with Gasteiger partial charge in [0.05, 0.1) is 5.56 Å². The Morgan fingerprint density at radius 3 is 2.67 bits per heavy atom. The smallest absolute Gasteiger partial charge is 0.255 e. The molecule has 0 N–H and O–H groups in total. The molecule has 0 spiro atoms. The predicted molar refractivity (Wildman–Crippen MR) is 88.2 cm³/mol. The molecule has 21 heavy (non-hydrogen) atoms. The van der Waals surface area contributed by atoms with Gasteiger partial charge in [-0.05, 0) is 31.5 Å². The number of benzene rings is 1. The van der Waals surface area contributed by atoms with Crippen LogP contribution in [0.25, 0.3) is 0 Å². The summed E-state index contributed by atoms with van der Waals surface area (Å²) in [5.41, 5.74) is 3.31. The van der Waals surface area contributed by atoms with Crippen molar-refractivity contribution in [2.24, 2.45) is 0 Å². The SMILES string of the molecule is Cc1cc(C(=O)N2CCN(C)c3ccccc3C2)c(C)s1. The molecule has 1 aromatic heterocycles. The Hall–Kier alpha value is -1.81. The Kier molecular flexibility index (Phi) is 3.72. The second-order valence-corrected chi connectivity index (χ2v) is 7.06. The fourth-order valence-electron chi connectivity index (χ4n) is 2.88. The first-order valence-corrected chi connectivity index (χ1v) is 8.03. The Bertz CT molecular complexity index is 677. The molecule has 1 aliphatic rings. The van der Waals surface area contributed by atoms with Crippen LogP contribution in [0.2, 0.25) is 0 Å². The lowest BCUT2D eigenvalue weighted by molar-refractivity contribution is 0.0751. The van der Waals surface area contributed by atoms with E-state index in [9.17, 15) is 4.79 Å². The molecule has 2 heterocycles. The summed E-state index contributed by atoms with van der Waals surface area (Å²) in [6.45, 7) is 6.40. The first-order valence-electron chi connectivity index (χ1n) is 7.21. The van der Waals surface area contributed by atoms with Crippen molar-refractivity contribution in [1.82, 2.24) is 4.90 Å². The van der Waals surface area contributed by atoms with Crippen molar-refractivity contribution in [1.29, 1.82) is 0 Å². The van der Waals surface area contributed by atoms with Crippen LogP contribution in [0.5, 0.6) is 0 Å². The zero-order valence-electron chi connectivity index (χ0n) is 12.7. The molecule has 0 aliphatic carbocycles. The van der Waals surface area contributed by atoms with Crippen molar-refractivity contribution in [3.8, 4) is 0 Å². The van der Waals surface area contributed by atoms with E-state index in [4.69, 9.17) is 0 Å². The van der Waals surface area contributed by atoms with Crippen LogP contribution < -0.4 is 4.90 Å². The van der Waals surface area contributed by atoms with E-state index in [-0.39, 0.29) is 5.91 Å². The first kappa shape index (κ1) is 14.1. The number of rotatable bonds is 1. The van der Waals surface area contributed by atoms with Crippen LogP contribution in [0.15, 0.2) is 30.3 Å². The highest BCUT2D eigenvalue weighted by Crippen LogP contribution is 2.27. The predicted octanol–water partition coefficient (Wildman–Crippen LogP) is 3.46. The second-order valence-electron chi connectivity index (χ2n) is 5.60. The molecule has 1 amide bonds. The summed E-state index contributed by atoms with van der Waals surface area (Å²) in [4.78, 5) is 19.3. The molecule has 4 heteroatoms. The Morgan fingerprint density at radius 2 is 1.95 bits per heavy atom. The highest BCUT2D eigenvalue weighted by atomic mass is 32.1. The monoisotopic (exact) mass is 300 g/mol. The first-order chi connectivity index (χ1) is 10.1. The number of aryl methyl sites for hydroxylation is 2. The minimum Gasteiger partial charge on any atom is -0.373 e. The van der Waals surface area contributed by atoms with Gasteiger partial charge < -0.3 is 9.80 Å². The minimum absolute atomic E-state index is 0.155. The van der Waals surface area contributed by atoms with Gasteiger partial charge in [-0.2, -0.15) is 0 Å². The summed E-state index contributed by atoms with van der Waals surface area (Å²) in [5, 5.41) is 0. The van der Waals surface area contributed by atoms with E-state index >= 15 is 0 Å². The number of likely N-dealkylation sites (N-methyl/N-ethyl adjacent to an activating group) is 1. The fourth-order valence-corrected chi connectivity index (χ4v) is 3.80. The van der Waals surface area contributed by atoms with Gasteiger partial charge in [0, 0.05) is 42.1 Å². The Morgan fingerprint density at radius 1 is 1.19 bits per heavy atom. The quantitative estimate of drug-likeness (QED) is 0.805. The lowest BCUT2D eigenvalue weighted by Gasteiger charge is -2.21. The zero-order valence-corrected chi connectivity index (χ0v) is 13.5. The van der Waals surface area contributed by atoms with Gasteiger partial charge in [-0.15, -0.1) is 11.3 Å². The molecule has 3 nitrogen and oxygen atoms in total. The molecule has 0 saturated heterocycles. The van der Waals surface area contributed by atoms with Gasteiger partial charge in [-0.25, -0.2) is 0 Å². The lowest BCUT2D eigenvalue weighted by atomic mass is 10.1. The maximum absolute atomic E-state index is 12.8. The largest absolute Gasteiger partial charge is 0.373 e. The third-order valence-corrected chi connectivity index (χ3v) is 4.99. The highest BCUT2D eigenvalue weighted by Gasteiger charge is 2.23.